The first kappa shape index (κ1) is 33.2. The molecule has 0 radical (unpaired) electrons. The van der Waals surface area contributed by atoms with E-state index in [1.54, 1.807) is 0 Å². The Morgan fingerprint density at radius 1 is 0.925 bits per heavy atom. The van der Waals surface area contributed by atoms with Crippen LogP contribution in [0.3, 0.4) is 0 Å². The van der Waals surface area contributed by atoms with Gasteiger partial charge in [-0.25, -0.2) is 0 Å². The lowest BCUT2D eigenvalue weighted by Crippen LogP contribution is -2.51. The predicted molar refractivity (Wildman–Crippen MR) is 180 cm³/mol. The van der Waals surface area contributed by atoms with Gasteiger partial charge >= 0.3 is 0 Å². The van der Waals surface area contributed by atoms with Gasteiger partial charge in [-0.2, -0.15) is 0 Å². The van der Waals surface area contributed by atoms with E-state index in [-0.39, 0.29) is 16.4 Å². The molecule has 0 fully saturated rings. The summed E-state index contributed by atoms with van der Waals surface area (Å²) in [5, 5.41) is 14.4. The van der Waals surface area contributed by atoms with Crippen LogP contribution in [0, 0.1) is 6.92 Å². The molecule has 1 aliphatic carbocycles. The first-order valence-electron chi connectivity index (χ1n) is 15.8. The van der Waals surface area contributed by atoms with Crippen LogP contribution in [0.1, 0.15) is 124 Å². The molecule has 0 amide bonds. The Labute approximate surface area is 248 Å². The van der Waals surface area contributed by atoms with Gasteiger partial charge in [-0.3, -0.25) is 0 Å². The molecule has 0 heterocycles. The smallest absolute Gasteiger partial charge is 0.258 e. The Morgan fingerprint density at radius 2 is 1.48 bits per heavy atom. The number of aromatic hydroxyl groups is 1. The third-order valence-corrected chi connectivity index (χ3v) is 21.2. The summed E-state index contributed by atoms with van der Waals surface area (Å²) in [6, 6.07) is 4.60. The van der Waals surface area contributed by atoms with Crippen molar-refractivity contribution in [1.82, 2.24) is 0 Å². The molecule has 3 rings (SSSR count). The second-order valence-corrected chi connectivity index (χ2v) is 26.1. The Balaban J connectivity index is 2.31. The molecule has 1 aliphatic rings. The highest BCUT2D eigenvalue weighted by Gasteiger charge is 2.48. The van der Waals surface area contributed by atoms with E-state index in [1.807, 2.05) is 0 Å². The minimum absolute atomic E-state index is 0.0102. The van der Waals surface area contributed by atoms with Gasteiger partial charge in [0.05, 0.1) is 0 Å². The summed E-state index contributed by atoms with van der Waals surface area (Å²) in [6.07, 6.45) is 3.51. The number of fused-ring (bicyclic) bond motifs is 2. The molecule has 0 saturated heterocycles. The number of phenols is 1. The Morgan fingerprint density at radius 3 is 1.98 bits per heavy atom. The molecule has 1 N–H and O–H groups in total. The molecule has 2 aromatic carbocycles. The first-order chi connectivity index (χ1) is 18.2. The number of rotatable bonds is 9. The standard InChI is InChI=1S/C35H60O3Si2/c1-22(2)40(23(3)4,24(5)6)38-31-20-28-26(8)27-17-16-18-35(12,13)30(27)19-29(28)33(36)32(31)25(7)21-37-39(14,15)34(9,10)11/h19-20,22-25,36H,16-18,21H2,1-15H3/t25-/m0/s1. The van der Waals surface area contributed by atoms with Gasteiger partial charge in [-0.05, 0) is 101 Å². The Bertz CT molecular complexity index is 1200. The lowest BCUT2D eigenvalue weighted by Gasteiger charge is -2.43. The van der Waals surface area contributed by atoms with Crippen molar-refractivity contribution in [3.05, 3.63) is 34.4 Å². The molecule has 3 nitrogen and oxygen atoms in total. The zero-order valence-electron chi connectivity index (χ0n) is 28.6. The fraction of sp³-hybridized carbons (Fsp3) is 0.714. The van der Waals surface area contributed by atoms with Crippen LogP contribution in [0.2, 0.25) is 34.8 Å². The van der Waals surface area contributed by atoms with Gasteiger partial charge in [0.1, 0.15) is 11.5 Å². The highest BCUT2D eigenvalue weighted by molar-refractivity contribution is 6.78. The van der Waals surface area contributed by atoms with Gasteiger partial charge in [-0.15, -0.1) is 0 Å². The van der Waals surface area contributed by atoms with Gasteiger partial charge in [0.2, 0.25) is 0 Å². The molecule has 0 spiro atoms. The number of hydrogen-bond acceptors (Lipinski definition) is 3. The van der Waals surface area contributed by atoms with E-state index in [2.05, 4.69) is 115 Å². The van der Waals surface area contributed by atoms with Crippen molar-refractivity contribution in [1.29, 1.82) is 0 Å². The lowest BCUT2D eigenvalue weighted by molar-refractivity contribution is 0.265. The van der Waals surface area contributed by atoms with Gasteiger partial charge in [-0.1, -0.05) is 83.1 Å². The summed E-state index contributed by atoms with van der Waals surface area (Å²) in [7, 11) is -4.21. The van der Waals surface area contributed by atoms with Crippen molar-refractivity contribution in [2.75, 3.05) is 6.61 Å². The Kier molecular flexibility index (Phi) is 9.47. The van der Waals surface area contributed by atoms with Crippen LogP contribution in [0.15, 0.2) is 12.1 Å². The van der Waals surface area contributed by atoms with Gasteiger partial charge in [0.15, 0.2) is 8.32 Å². The third kappa shape index (κ3) is 5.81. The minimum atomic E-state index is -2.26. The van der Waals surface area contributed by atoms with Crippen LogP contribution in [0.4, 0.5) is 0 Å². The van der Waals surface area contributed by atoms with Gasteiger partial charge in [0, 0.05) is 23.5 Å². The molecule has 0 aliphatic heterocycles. The van der Waals surface area contributed by atoms with Crippen LogP contribution >= 0.6 is 0 Å². The molecule has 0 saturated carbocycles. The minimum Gasteiger partial charge on any atom is -0.542 e. The van der Waals surface area contributed by atoms with Crippen molar-refractivity contribution in [3.63, 3.8) is 0 Å². The number of phenolic OH excluding ortho intramolecular Hbond substituents is 1. The molecule has 1 atom stereocenters. The normalized spacial score (nSPS) is 17.1. The van der Waals surface area contributed by atoms with Crippen LogP contribution in [-0.2, 0) is 16.3 Å². The Hall–Kier alpha value is -1.31. The molecule has 0 bridgehead atoms. The van der Waals surface area contributed by atoms with E-state index in [1.165, 1.54) is 29.5 Å². The predicted octanol–water partition coefficient (Wildman–Crippen LogP) is 11.1. The zero-order chi connectivity index (χ0) is 30.6. The van der Waals surface area contributed by atoms with E-state index in [4.69, 9.17) is 8.85 Å². The fourth-order valence-electron chi connectivity index (χ4n) is 7.23. The summed E-state index contributed by atoms with van der Waals surface area (Å²) in [5.41, 5.74) is 6.56. The van der Waals surface area contributed by atoms with E-state index in [9.17, 15) is 5.11 Å². The number of aryl methyl sites for hydroxylation is 1. The monoisotopic (exact) mass is 584 g/mol. The average Bonchev–Trinajstić information content (AvgIpc) is 2.80. The summed E-state index contributed by atoms with van der Waals surface area (Å²) < 4.78 is 14.1. The number of hydrogen-bond donors (Lipinski definition) is 1. The SMILES string of the molecule is Cc1c2c(cc3c(O)c([C@@H](C)CO[Si](C)(C)C(C)(C)C)c(O[Si](C(C)C)(C(C)C)C(C)C)cc13)C(C)(C)CCC2. The van der Waals surface area contributed by atoms with E-state index < -0.39 is 16.6 Å². The van der Waals surface area contributed by atoms with Crippen molar-refractivity contribution in [3.8, 4) is 11.5 Å². The highest BCUT2D eigenvalue weighted by atomic mass is 28.4. The molecule has 2 aromatic rings. The molecule has 0 unspecified atom stereocenters. The maximum atomic E-state index is 12.2. The van der Waals surface area contributed by atoms with Gasteiger partial charge in [0.25, 0.3) is 8.32 Å². The summed E-state index contributed by atoms with van der Waals surface area (Å²) in [6.45, 7) is 35.2. The largest absolute Gasteiger partial charge is 0.542 e. The summed E-state index contributed by atoms with van der Waals surface area (Å²) >= 11 is 0. The van der Waals surface area contributed by atoms with E-state index >= 15 is 0 Å². The zero-order valence-corrected chi connectivity index (χ0v) is 30.6. The van der Waals surface area contributed by atoms with Crippen molar-refractivity contribution in [2.24, 2.45) is 0 Å². The second-order valence-electron chi connectivity index (χ2n) is 15.9. The third-order valence-electron chi connectivity index (χ3n) is 10.8. The quantitative estimate of drug-likeness (QED) is 0.298. The maximum Gasteiger partial charge on any atom is 0.258 e. The molecule has 5 heteroatoms. The van der Waals surface area contributed by atoms with E-state index in [0.717, 1.165) is 28.5 Å². The lowest BCUT2D eigenvalue weighted by atomic mass is 9.70. The molecular formula is C35H60O3Si2. The maximum absolute atomic E-state index is 12.2. The van der Waals surface area contributed by atoms with Crippen LogP contribution < -0.4 is 4.43 Å². The van der Waals surface area contributed by atoms with Crippen molar-refractivity contribution < 1.29 is 14.0 Å². The van der Waals surface area contributed by atoms with Crippen molar-refractivity contribution >= 4 is 27.4 Å². The molecular weight excluding hydrogens is 525 g/mol. The van der Waals surface area contributed by atoms with Crippen LogP contribution in [0.5, 0.6) is 11.5 Å². The van der Waals surface area contributed by atoms with Crippen LogP contribution in [-0.4, -0.2) is 28.3 Å². The van der Waals surface area contributed by atoms with Crippen molar-refractivity contribution in [2.45, 2.75) is 155 Å². The second kappa shape index (κ2) is 11.4. The summed E-state index contributed by atoms with van der Waals surface area (Å²) in [4.78, 5) is 0. The molecule has 226 valence electrons. The average molecular weight is 585 g/mol. The first-order valence-corrected chi connectivity index (χ1v) is 20.9. The van der Waals surface area contributed by atoms with Crippen LogP contribution in [0.25, 0.3) is 10.8 Å². The molecule has 0 aromatic heterocycles. The highest BCUT2D eigenvalue weighted by Crippen LogP contribution is 2.50. The van der Waals surface area contributed by atoms with Gasteiger partial charge < -0.3 is 14.0 Å². The number of benzene rings is 2. The van der Waals surface area contributed by atoms with E-state index in [0.29, 0.717) is 29.0 Å². The topological polar surface area (TPSA) is 38.7 Å². The molecule has 40 heavy (non-hydrogen) atoms. The fourth-order valence-corrected chi connectivity index (χ4v) is 13.6. The summed E-state index contributed by atoms with van der Waals surface area (Å²) in [5.74, 6) is 1.29.